The molecule has 0 heterocycles. The van der Waals surface area contributed by atoms with Gasteiger partial charge >= 0.3 is 0 Å². The van der Waals surface area contributed by atoms with Crippen LogP contribution in [0.3, 0.4) is 0 Å². The lowest BCUT2D eigenvalue weighted by Crippen LogP contribution is -2.01. The van der Waals surface area contributed by atoms with Crippen LogP contribution in [0.4, 0.5) is 4.39 Å². The van der Waals surface area contributed by atoms with Crippen LogP contribution >= 0.6 is 0 Å². The summed E-state index contributed by atoms with van der Waals surface area (Å²) in [7, 11) is 1.44. The molecule has 13 heavy (non-hydrogen) atoms. The van der Waals surface area contributed by atoms with Crippen LogP contribution in [0, 0.1) is 17.1 Å². The molecule has 0 radical (unpaired) electrons. The molecule has 0 saturated carbocycles. The van der Waals surface area contributed by atoms with Gasteiger partial charge in [0.1, 0.15) is 6.07 Å². The third-order valence-corrected chi connectivity index (χ3v) is 1.42. The molecular formula is C9H8FNO2. The molecule has 0 bridgehead atoms. The second-order valence-electron chi connectivity index (χ2n) is 2.28. The maximum atomic E-state index is 13.2. The monoisotopic (exact) mass is 181 g/mol. The second-order valence-corrected chi connectivity index (χ2v) is 2.28. The zero-order valence-corrected chi connectivity index (χ0v) is 7.08. The van der Waals surface area contributed by atoms with E-state index in [2.05, 4.69) is 4.74 Å². The van der Waals surface area contributed by atoms with Gasteiger partial charge in [0.25, 0.3) is 0 Å². The molecule has 1 aromatic rings. The van der Waals surface area contributed by atoms with Crippen molar-refractivity contribution in [2.45, 2.75) is 0 Å². The van der Waals surface area contributed by atoms with E-state index in [1.54, 1.807) is 12.1 Å². The maximum absolute atomic E-state index is 13.2. The first-order chi connectivity index (χ1) is 6.29. The number of hydrogen-bond donors (Lipinski definition) is 0. The van der Waals surface area contributed by atoms with Gasteiger partial charge in [0.15, 0.2) is 18.4 Å². The molecule has 0 aliphatic rings. The van der Waals surface area contributed by atoms with Crippen LogP contribution in [0.1, 0.15) is 5.56 Å². The summed E-state index contributed by atoms with van der Waals surface area (Å²) < 4.78 is 22.7. The van der Waals surface area contributed by atoms with Gasteiger partial charge in [-0.05, 0) is 12.1 Å². The molecule has 0 atom stereocenters. The number of methoxy groups -OCH3 is 1. The molecule has 0 aromatic heterocycles. The van der Waals surface area contributed by atoms with Crippen LogP contribution in [0.5, 0.6) is 5.75 Å². The van der Waals surface area contributed by atoms with Gasteiger partial charge in [-0.2, -0.15) is 5.26 Å². The Kier molecular flexibility index (Phi) is 3.23. The van der Waals surface area contributed by atoms with E-state index in [0.717, 1.165) is 0 Å². The molecular weight excluding hydrogens is 173 g/mol. The van der Waals surface area contributed by atoms with Crippen molar-refractivity contribution in [2.24, 2.45) is 0 Å². The van der Waals surface area contributed by atoms with E-state index in [4.69, 9.17) is 10.00 Å². The van der Waals surface area contributed by atoms with Crippen molar-refractivity contribution >= 4 is 0 Å². The lowest BCUT2D eigenvalue weighted by molar-refractivity contribution is 0.0482. The van der Waals surface area contributed by atoms with Crippen LogP contribution in [0.2, 0.25) is 0 Å². The molecule has 68 valence electrons. The Morgan fingerprint density at radius 3 is 2.92 bits per heavy atom. The quantitative estimate of drug-likeness (QED) is 0.666. The SMILES string of the molecule is COCOc1cccc(C#N)c1F. The summed E-state index contributed by atoms with van der Waals surface area (Å²) in [5.41, 5.74) is -0.0337. The Bertz CT molecular complexity index is 333. The second kappa shape index (κ2) is 4.43. The van der Waals surface area contributed by atoms with Gasteiger partial charge in [-0.3, -0.25) is 0 Å². The Balaban J connectivity index is 2.90. The first-order valence-electron chi connectivity index (χ1n) is 3.60. The summed E-state index contributed by atoms with van der Waals surface area (Å²) >= 11 is 0. The van der Waals surface area contributed by atoms with Gasteiger partial charge < -0.3 is 9.47 Å². The van der Waals surface area contributed by atoms with Gasteiger partial charge in [-0.1, -0.05) is 6.07 Å². The predicted octanol–water partition coefficient (Wildman–Crippen LogP) is 1.68. The summed E-state index contributed by atoms with van der Waals surface area (Å²) in [4.78, 5) is 0. The van der Waals surface area contributed by atoms with E-state index in [-0.39, 0.29) is 18.1 Å². The summed E-state index contributed by atoms with van der Waals surface area (Å²) in [6.45, 7) is -0.0359. The average Bonchev–Trinajstić information content (AvgIpc) is 2.16. The van der Waals surface area contributed by atoms with Gasteiger partial charge in [0.05, 0.1) is 5.56 Å². The van der Waals surface area contributed by atoms with Gasteiger partial charge in [-0.15, -0.1) is 0 Å². The van der Waals surface area contributed by atoms with Crippen molar-refractivity contribution in [3.8, 4) is 11.8 Å². The highest BCUT2D eigenvalue weighted by atomic mass is 19.1. The van der Waals surface area contributed by atoms with E-state index < -0.39 is 5.82 Å². The van der Waals surface area contributed by atoms with Gasteiger partial charge in [-0.25, -0.2) is 4.39 Å². The molecule has 4 heteroatoms. The topological polar surface area (TPSA) is 42.2 Å². The third-order valence-electron chi connectivity index (χ3n) is 1.42. The molecule has 0 spiro atoms. The van der Waals surface area contributed by atoms with E-state index in [0.29, 0.717) is 0 Å². The Morgan fingerprint density at radius 2 is 2.31 bits per heavy atom. The molecule has 3 nitrogen and oxygen atoms in total. The zero-order valence-electron chi connectivity index (χ0n) is 7.08. The van der Waals surface area contributed by atoms with Crippen molar-refractivity contribution in [3.63, 3.8) is 0 Å². The van der Waals surface area contributed by atoms with Crippen LogP contribution < -0.4 is 4.74 Å². The fourth-order valence-electron chi connectivity index (χ4n) is 0.831. The van der Waals surface area contributed by atoms with Crippen molar-refractivity contribution in [2.75, 3.05) is 13.9 Å². The number of hydrogen-bond acceptors (Lipinski definition) is 3. The minimum atomic E-state index is -0.651. The number of nitrogens with zero attached hydrogens (tertiary/aromatic N) is 1. The molecule has 1 rings (SSSR count). The van der Waals surface area contributed by atoms with Crippen LogP contribution in [-0.4, -0.2) is 13.9 Å². The molecule has 0 fully saturated rings. The van der Waals surface area contributed by atoms with Gasteiger partial charge in [0.2, 0.25) is 0 Å². The third kappa shape index (κ3) is 2.17. The highest BCUT2D eigenvalue weighted by molar-refractivity contribution is 5.38. The summed E-state index contributed by atoms with van der Waals surface area (Å²) in [6.07, 6.45) is 0. The highest BCUT2D eigenvalue weighted by Gasteiger charge is 2.07. The van der Waals surface area contributed by atoms with Crippen LogP contribution in [0.25, 0.3) is 0 Å². The normalized spacial score (nSPS) is 9.31. The number of rotatable bonds is 3. The van der Waals surface area contributed by atoms with E-state index >= 15 is 0 Å². The average molecular weight is 181 g/mol. The summed E-state index contributed by atoms with van der Waals surface area (Å²) in [5, 5.41) is 8.49. The smallest absolute Gasteiger partial charge is 0.188 e. The fourth-order valence-corrected chi connectivity index (χ4v) is 0.831. The van der Waals surface area contributed by atoms with E-state index in [1.165, 1.54) is 19.2 Å². The molecule has 1 aromatic carbocycles. The van der Waals surface area contributed by atoms with Crippen molar-refractivity contribution in [1.82, 2.24) is 0 Å². The molecule has 0 aliphatic heterocycles. The highest BCUT2D eigenvalue weighted by Crippen LogP contribution is 2.19. The van der Waals surface area contributed by atoms with E-state index in [1.807, 2.05) is 0 Å². The molecule has 0 N–H and O–H groups in total. The molecule has 0 amide bonds. The lowest BCUT2D eigenvalue weighted by atomic mass is 10.2. The number of halogens is 1. The first kappa shape index (κ1) is 9.49. The van der Waals surface area contributed by atoms with E-state index in [9.17, 15) is 4.39 Å². The minimum Gasteiger partial charge on any atom is -0.464 e. The molecule has 0 saturated heterocycles. The largest absolute Gasteiger partial charge is 0.464 e. The lowest BCUT2D eigenvalue weighted by Gasteiger charge is -2.05. The zero-order chi connectivity index (χ0) is 9.68. The number of benzene rings is 1. The first-order valence-corrected chi connectivity index (χ1v) is 3.60. The van der Waals surface area contributed by atoms with Crippen LogP contribution in [0.15, 0.2) is 18.2 Å². The molecule has 0 unspecified atom stereocenters. The fraction of sp³-hybridized carbons (Fsp3) is 0.222. The van der Waals surface area contributed by atoms with Crippen molar-refractivity contribution in [3.05, 3.63) is 29.6 Å². The molecule has 0 aliphatic carbocycles. The van der Waals surface area contributed by atoms with Crippen LogP contribution in [-0.2, 0) is 4.74 Å². The summed E-state index contributed by atoms with van der Waals surface area (Å²) in [5.74, 6) is -0.622. The number of nitriles is 1. The van der Waals surface area contributed by atoms with Crippen molar-refractivity contribution < 1.29 is 13.9 Å². The van der Waals surface area contributed by atoms with Crippen molar-refractivity contribution in [1.29, 1.82) is 5.26 Å². The predicted molar refractivity (Wildman–Crippen MR) is 43.6 cm³/mol. The standard InChI is InChI=1S/C9H8FNO2/c1-12-6-13-8-4-2-3-7(5-11)9(8)10/h2-4H,6H2,1H3. The Morgan fingerprint density at radius 1 is 1.54 bits per heavy atom. The number of ether oxygens (including phenoxy) is 2. The minimum absolute atomic E-state index is 0.0286. The summed E-state index contributed by atoms with van der Waals surface area (Å²) in [6, 6.07) is 6.09. The van der Waals surface area contributed by atoms with Gasteiger partial charge in [0, 0.05) is 7.11 Å². The Labute approximate surface area is 75.3 Å². The maximum Gasteiger partial charge on any atom is 0.188 e. The Hall–Kier alpha value is -1.60.